The van der Waals surface area contributed by atoms with Gasteiger partial charge in [-0.3, -0.25) is 9.59 Å². The van der Waals surface area contributed by atoms with Gasteiger partial charge in [-0.05, 0) is 77.7 Å². The Hall–Kier alpha value is -2.70. The van der Waals surface area contributed by atoms with Crippen molar-refractivity contribution >= 4 is 98.1 Å². The molecule has 0 aromatic heterocycles. The number of hydrogen-bond donors (Lipinski definition) is 0. The Labute approximate surface area is 187 Å². The molecule has 2 aliphatic rings. The third-order valence-electron chi connectivity index (χ3n) is 6.74. The molecule has 144 valence electrons. The van der Waals surface area contributed by atoms with Gasteiger partial charge in [0, 0.05) is 55.7 Å². The van der Waals surface area contributed by atoms with E-state index in [0.29, 0.717) is 0 Å². The Morgan fingerprint density at radius 3 is 1.40 bits per heavy atom. The van der Waals surface area contributed by atoms with Crippen molar-refractivity contribution < 1.29 is 9.59 Å². The predicted octanol–water partition coefficient (Wildman–Crippen LogP) is 6.44. The van der Waals surface area contributed by atoms with E-state index in [0.717, 1.165) is 74.5 Å². The van der Waals surface area contributed by atoms with Gasteiger partial charge in [-0.1, -0.05) is 12.1 Å². The molecule has 0 bridgehead atoms. The molecule has 0 spiro atoms. The molecular weight excluding hydrogens is 508 g/mol. The van der Waals surface area contributed by atoms with Crippen LogP contribution in [0.1, 0.15) is 20.7 Å². The molecule has 0 unspecified atom stereocenters. The second kappa shape index (κ2) is 5.13. The largest absolute Gasteiger partial charge is 0.310 e. The van der Waals surface area contributed by atoms with Crippen LogP contribution in [0.15, 0.2) is 45.3 Å². The number of fused-ring (bicyclic) bond motifs is 2. The fourth-order valence-electron chi connectivity index (χ4n) is 5.48. The van der Waals surface area contributed by atoms with E-state index in [1.807, 2.05) is 26.2 Å². The van der Waals surface area contributed by atoms with Crippen LogP contribution >= 0.6 is 31.9 Å². The van der Waals surface area contributed by atoms with E-state index in [2.05, 4.69) is 56.1 Å². The van der Waals surface area contributed by atoms with Crippen molar-refractivity contribution in [2.24, 2.45) is 0 Å². The molecule has 2 heterocycles. The number of halogens is 2. The molecule has 5 aromatic rings. The SMILES string of the molecule is CN1C(=O)c2ccc3c4cc(Br)c5c6c(ccc(c7cc(Br)c1c2c37)c64)C(=O)N5C. The quantitative estimate of drug-likeness (QED) is 0.174. The van der Waals surface area contributed by atoms with Crippen LogP contribution in [0.2, 0.25) is 0 Å². The number of carbonyl (C=O) groups excluding carboxylic acids is 2. The highest BCUT2D eigenvalue weighted by atomic mass is 79.9. The molecule has 0 fully saturated rings. The van der Waals surface area contributed by atoms with Crippen molar-refractivity contribution in [2.45, 2.75) is 0 Å². The summed E-state index contributed by atoms with van der Waals surface area (Å²) in [5.74, 6) is 0.0321. The number of rotatable bonds is 0. The minimum Gasteiger partial charge on any atom is -0.310 e. The van der Waals surface area contributed by atoms with E-state index >= 15 is 0 Å². The number of benzene rings is 5. The predicted molar refractivity (Wildman–Crippen MR) is 129 cm³/mol. The zero-order valence-corrected chi connectivity index (χ0v) is 19.1. The summed E-state index contributed by atoms with van der Waals surface area (Å²) in [6.07, 6.45) is 0. The maximum Gasteiger partial charge on any atom is 0.258 e. The summed E-state index contributed by atoms with van der Waals surface area (Å²) in [7, 11) is 3.64. The summed E-state index contributed by atoms with van der Waals surface area (Å²) >= 11 is 7.43. The molecule has 5 aromatic carbocycles. The lowest BCUT2D eigenvalue weighted by Crippen LogP contribution is -2.21. The molecule has 0 radical (unpaired) electrons. The van der Waals surface area contributed by atoms with E-state index < -0.39 is 0 Å². The summed E-state index contributed by atoms with van der Waals surface area (Å²) in [4.78, 5) is 29.2. The van der Waals surface area contributed by atoms with Gasteiger partial charge >= 0.3 is 0 Å². The minimum atomic E-state index is 0.0161. The monoisotopic (exact) mass is 518 g/mol. The van der Waals surface area contributed by atoms with E-state index in [9.17, 15) is 9.59 Å². The number of amides is 2. The maximum atomic E-state index is 12.9. The Morgan fingerprint density at radius 2 is 1.00 bits per heavy atom. The maximum absolute atomic E-state index is 12.9. The summed E-state index contributed by atoms with van der Waals surface area (Å²) < 4.78 is 1.80. The molecule has 7 rings (SSSR count). The zero-order chi connectivity index (χ0) is 20.6. The Kier molecular flexibility index (Phi) is 2.91. The van der Waals surface area contributed by atoms with Gasteiger partial charge in [0.05, 0.1) is 11.4 Å². The average molecular weight is 520 g/mol. The molecule has 30 heavy (non-hydrogen) atoms. The number of nitrogens with zero attached hydrogens (tertiary/aromatic N) is 2. The van der Waals surface area contributed by atoms with Crippen LogP contribution in [-0.2, 0) is 0 Å². The van der Waals surface area contributed by atoms with Gasteiger partial charge in [0.1, 0.15) is 0 Å². The van der Waals surface area contributed by atoms with Gasteiger partial charge in [-0.2, -0.15) is 0 Å². The Balaban J connectivity index is 1.86. The third-order valence-corrected chi connectivity index (χ3v) is 7.95. The van der Waals surface area contributed by atoms with Gasteiger partial charge < -0.3 is 9.80 Å². The first-order valence-electron chi connectivity index (χ1n) is 9.55. The normalized spacial score (nSPS) is 15.3. The topological polar surface area (TPSA) is 40.6 Å². The third kappa shape index (κ3) is 1.64. The van der Waals surface area contributed by atoms with Crippen molar-refractivity contribution in [2.75, 3.05) is 23.9 Å². The average Bonchev–Trinajstić information content (AvgIpc) is 3.15. The smallest absolute Gasteiger partial charge is 0.258 e. The lowest BCUT2D eigenvalue weighted by molar-refractivity contribution is 0.0991. The molecule has 0 saturated carbocycles. The molecule has 6 heteroatoms. The fraction of sp³-hybridized carbons (Fsp3) is 0.0833. The second-order valence-electron chi connectivity index (χ2n) is 8.06. The lowest BCUT2D eigenvalue weighted by Gasteiger charge is -2.18. The van der Waals surface area contributed by atoms with Gasteiger partial charge in [-0.25, -0.2) is 0 Å². The number of carbonyl (C=O) groups is 2. The molecule has 0 saturated heterocycles. The molecule has 2 aliphatic heterocycles. The standard InChI is InChI=1S/C24H12Br2N2O2/c1-27-21-15(25)7-13-10-4-6-12-20-18(10)14(8-16(26)22(20)28(2)24(12)30)9-3-5-11(23(27)29)19(21)17(9)13/h3-8H,1-2H3. The van der Waals surface area contributed by atoms with Crippen molar-refractivity contribution in [1.29, 1.82) is 0 Å². The van der Waals surface area contributed by atoms with Crippen LogP contribution in [0, 0.1) is 0 Å². The highest BCUT2D eigenvalue weighted by molar-refractivity contribution is 9.11. The first-order valence-corrected chi connectivity index (χ1v) is 11.1. The molecule has 4 nitrogen and oxygen atoms in total. The Morgan fingerprint density at radius 1 is 0.600 bits per heavy atom. The van der Waals surface area contributed by atoms with Gasteiger partial charge in [0.2, 0.25) is 0 Å². The van der Waals surface area contributed by atoms with Crippen molar-refractivity contribution in [3.05, 3.63) is 56.5 Å². The molecular formula is C24H12Br2N2O2. The van der Waals surface area contributed by atoms with E-state index in [4.69, 9.17) is 0 Å². The van der Waals surface area contributed by atoms with Gasteiger partial charge in [0.25, 0.3) is 11.8 Å². The summed E-state index contributed by atoms with van der Waals surface area (Å²) in [6.45, 7) is 0. The molecule has 0 aliphatic carbocycles. The number of hydrogen-bond acceptors (Lipinski definition) is 2. The molecule has 0 N–H and O–H groups in total. The molecule has 0 atom stereocenters. The van der Waals surface area contributed by atoms with Crippen LogP contribution in [0.4, 0.5) is 11.4 Å². The van der Waals surface area contributed by atoms with E-state index in [1.165, 1.54) is 0 Å². The first-order chi connectivity index (χ1) is 14.4. The Bertz CT molecular complexity index is 1560. The van der Waals surface area contributed by atoms with Crippen molar-refractivity contribution in [3.63, 3.8) is 0 Å². The highest BCUT2D eigenvalue weighted by Crippen LogP contribution is 2.53. The summed E-state index contributed by atoms with van der Waals surface area (Å²) in [5, 5.41) is 8.57. The van der Waals surface area contributed by atoms with Crippen LogP contribution in [0.3, 0.4) is 0 Å². The number of anilines is 2. The lowest BCUT2D eigenvalue weighted by atomic mass is 9.87. The summed E-state index contributed by atoms with van der Waals surface area (Å²) in [6, 6.07) is 12.2. The molecule has 2 amide bonds. The van der Waals surface area contributed by atoms with E-state index in [1.54, 1.807) is 9.80 Å². The van der Waals surface area contributed by atoms with Crippen LogP contribution < -0.4 is 9.80 Å². The zero-order valence-electron chi connectivity index (χ0n) is 15.9. The van der Waals surface area contributed by atoms with Crippen LogP contribution in [0.5, 0.6) is 0 Å². The first kappa shape index (κ1) is 17.0. The second-order valence-corrected chi connectivity index (χ2v) is 9.77. The van der Waals surface area contributed by atoms with Crippen molar-refractivity contribution in [1.82, 2.24) is 0 Å². The van der Waals surface area contributed by atoms with Crippen LogP contribution in [0.25, 0.3) is 43.1 Å². The highest BCUT2D eigenvalue weighted by Gasteiger charge is 2.34. The van der Waals surface area contributed by atoms with E-state index in [-0.39, 0.29) is 11.8 Å². The van der Waals surface area contributed by atoms with Gasteiger partial charge in [0.15, 0.2) is 0 Å². The van der Waals surface area contributed by atoms with Crippen molar-refractivity contribution in [3.8, 4) is 0 Å². The summed E-state index contributed by atoms with van der Waals surface area (Å²) in [5.41, 5.74) is 3.31. The van der Waals surface area contributed by atoms with Gasteiger partial charge in [-0.15, -0.1) is 0 Å². The fourth-order valence-corrected chi connectivity index (χ4v) is 6.87. The minimum absolute atomic E-state index is 0.0161. The van der Waals surface area contributed by atoms with Crippen LogP contribution in [-0.4, -0.2) is 25.9 Å².